The van der Waals surface area contributed by atoms with Crippen molar-refractivity contribution in [2.24, 2.45) is 5.10 Å². The van der Waals surface area contributed by atoms with Gasteiger partial charge in [-0.15, -0.1) is 0 Å². The summed E-state index contributed by atoms with van der Waals surface area (Å²) < 4.78 is 1.04. The Balaban J connectivity index is 2.03. The number of nitrogens with zero attached hydrogens (tertiary/aromatic N) is 2. The fraction of sp³-hybridized carbons (Fsp3) is 0.105. The summed E-state index contributed by atoms with van der Waals surface area (Å²) >= 11 is 0. The summed E-state index contributed by atoms with van der Waals surface area (Å²) in [5.74, 6) is -0.472. The number of hydrazone groups is 1. The van der Waals surface area contributed by atoms with E-state index in [1.165, 1.54) is 6.21 Å². The van der Waals surface area contributed by atoms with Crippen LogP contribution >= 0.6 is 0 Å². The molecule has 1 aromatic heterocycles. The third-order valence-electron chi connectivity index (χ3n) is 4.03. The van der Waals surface area contributed by atoms with Crippen LogP contribution in [0.15, 0.2) is 63.2 Å². The molecule has 0 aliphatic carbocycles. The molecule has 3 aromatic rings. The Kier molecular flexibility index (Phi) is 4.70. The molecule has 2 aromatic carbocycles. The smallest absolute Gasteiger partial charge is 0.335 e. The first kappa shape index (κ1) is 17.2. The summed E-state index contributed by atoms with van der Waals surface area (Å²) in [6.45, 7) is 3.85. The molecule has 3 N–H and O–H groups in total. The van der Waals surface area contributed by atoms with Gasteiger partial charge in [0, 0.05) is 0 Å². The molecular weight excluding hydrogens is 332 g/mol. The second-order valence-electron chi connectivity index (χ2n) is 5.84. The SMILES string of the molecule is Cc1ccc(-n2c(O)c(C=NNc3ccccc3)c(=O)[nH]c2=O)cc1C. The van der Waals surface area contributed by atoms with E-state index in [2.05, 4.69) is 15.5 Å². The number of anilines is 1. The van der Waals surface area contributed by atoms with Gasteiger partial charge in [-0.2, -0.15) is 5.10 Å². The van der Waals surface area contributed by atoms with Crippen LogP contribution in [0.2, 0.25) is 0 Å². The van der Waals surface area contributed by atoms with Crippen LogP contribution in [0.5, 0.6) is 5.88 Å². The number of hydrogen-bond acceptors (Lipinski definition) is 5. The molecule has 0 aliphatic heterocycles. The van der Waals surface area contributed by atoms with Crippen LogP contribution in [-0.4, -0.2) is 20.9 Å². The summed E-state index contributed by atoms with van der Waals surface area (Å²) in [5, 5.41) is 14.4. The molecule has 3 rings (SSSR count). The van der Waals surface area contributed by atoms with E-state index in [1.54, 1.807) is 24.3 Å². The third-order valence-corrected chi connectivity index (χ3v) is 4.03. The van der Waals surface area contributed by atoms with Gasteiger partial charge in [0.15, 0.2) is 0 Å². The molecule has 0 spiro atoms. The normalized spacial score (nSPS) is 11.0. The van der Waals surface area contributed by atoms with E-state index in [9.17, 15) is 14.7 Å². The van der Waals surface area contributed by atoms with Crippen molar-refractivity contribution in [2.45, 2.75) is 13.8 Å². The molecule has 0 unspecified atom stereocenters. The summed E-state index contributed by atoms with van der Waals surface area (Å²) in [7, 11) is 0. The zero-order valence-electron chi connectivity index (χ0n) is 14.4. The molecule has 7 nitrogen and oxygen atoms in total. The molecule has 0 bridgehead atoms. The van der Waals surface area contributed by atoms with Crippen molar-refractivity contribution in [3.63, 3.8) is 0 Å². The van der Waals surface area contributed by atoms with Crippen molar-refractivity contribution in [1.29, 1.82) is 0 Å². The Hall–Kier alpha value is -3.61. The van der Waals surface area contributed by atoms with Gasteiger partial charge < -0.3 is 5.11 Å². The average molecular weight is 350 g/mol. The molecule has 0 amide bonds. The van der Waals surface area contributed by atoms with Crippen molar-refractivity contribution in [3.8, 4) is 11.6 Å². The van der Waals surface area contributed by atoms with Gasteiger partial charge >= 0.3 is 5.69 Å². The molecular formula is C19H18N4O3. The maximum Gasteiger partial charge on any atom is 0.335 e. The predicted molar refractivity (Wildman–Crippen MR) is 101 cm³/mol. The number of benzene rings is 2. The highest BCUT2D eigenvalue weighted by Gasteiger charge is 2.14. The summed E-state index contributed by atoms with van der Waals surface area (Å²) in [6, 6.07) is 14.4. The number of para-hydroxylation sites is 1. The summed E-state index contributed by atoms with van der Waals surface area (Å²) in [5.41, 5.74) is 4.40. The maximum atomic E-state index is 12.2. The van der Waals surface area contributed by atoms with Crippen LogP contribution in [0.4, 0.5) is 5.69 Å². The van der Waals surface area contributed by atoms with Crippen molar-refractivity contribution >= 4 is 11.9 Å². The zero-order chi connectivity index (χ0) is 18.7. The predicted octanol–water partition coefficient (Wildman–Crippen LogP) is 2.29. The van der Waals surface area contributed by atoms with Crippen LogP contribution in [0.25, 0.3) is 5.69 Å². The summed E-state index contributed by atoms with van der Waals surface area (Å²) in [4.78, 5) is 26.5. The van der Waals surface area contributed by atoms with Gasteiger partial charge in [0.2, 0.25) is 5.88 Å². The van der Waals surface area contributed by atoms with Gasteiger partial charge in [-0.25, -0.2) is 9.36 Å². The van der Waals surface area contributed by atoms with Crippen LogP contribution in [0, 0.1) is 13.8 Å². The average Bonchev–Trinajstić information content (AvgIpc) is 2.61. The van der Waals surface area contributed by atoms with Crippen molar-refractivity contribution in [1.82, 2.24) is 9.55 Å². The van der Waals surface area contributed by atoms with Crippen molar-refractivity contribution < 1.29 is 5.11 Å². The highest BCUT2D eigenvalue weighted by molar-refractivity contribution is 5.82. The monoisotopic (exact) mass is 350 g/mol. The van der Waals surface area contributed by atoms with E-state index in [1.807, 2.05) is 38.1 Å². The van der Waals surface area contributed by atoms with Gasteiger partial charge in [0.1, 0.15) is 5.56 Å². The van der Waals surface area contributed by atoms with E-state index in [4.69, 9.17) is 0 Å². The molecule has 0 saturated carbocycles. The van der Waals surface area contributed by atoms with Crippen LogP contribution < -0.4 is 16.7 Å². The molecule has 26 heavy (non-hydrogen) atoms. The van der Waals surface area contributed by atoms with E-state index in [0.717, 1.165) is 21.4 Å². The van der Waals surface area contributed by atoms with Gasteiger partial charge in [-0.3, -0.25) is 15.2 Å². The van der Waals surface area contributed by atoms with E-state index >= 15 is 0 Å². The number of hydrogen-bond donors (Lipinski definition) is 3. The van der Waals surface area contributed by atoms with Crippen LogP contribution in [0.3, 0.4) is 0 Å². The Labute approximate surface area is 149 Å². The lowest BCUT2D eigenvalue weighted by atomic mass is 10.1. The third kappa shape index (κ3) is 3.41. The first-order valence-corrected chi connectivity index (χ1v) is 7.97. The molecule has 0 saturated heterocycles. The standard InChI is InChI=1S/C19H18N4O3/c1-12-8-9-15(10-13(12)2)23-18(25)16(17(24)21-19(23)26)11-20-22-14-6-4-3-5-7-14/h3-11,22,25H,1-2H3,(H,21,24,26). The van der Waals surface area contributed by atoms with Crippen molar-refractivity contribution in [3.05, 3.63) is 86.1 Å². The Morgan fingerprint density at radius 2 is 1.81 bits per heavy atom. The lowest BCUT2D eigenvalue weighted by Gasteiger charge is -2.11. The quantitative estimate of drug-likeness (QED) is 0.496. The molecule has 0 fully saturated rings. The minimum Gasteiger partial charge on any atom is -0.493 e. The highest BCUT2D eigenvalue weighted by atomic mass is 16.3. The highest BCUT2D eigenvalue weighted by Crippen LogP contribution is 2.18. The maximum absolute atomic E-state index is 12.2. The number of nitrogens with one attached hydrogen (secondary N) is 2. The number of rotatable bonds is 4. The molecule has 1 heterocycles. The van der Waals surface area contributed by atoms with Crippen LogP contribution in [0.1, 0.15) is 16.7 Å². The molecule has 0 radical (unpaired) electrons. The van der Waals surface area contributed by atoms with Gasteiger partial charge in [0.05, 0.1) is 17.6 Å². The van der Waals surface area contributed by atoms with E-state index in [0.29, 0.717) is 5.69 Å². The Morgan fingerprint density at radius 3 is 2.50 bits per heavy atom. The molecule has 7 heteroatoms. The number of aromatic nitrogens is 2. The number of H-pyrrole nitrogens is 1. The number of aryl methyl sites for hydroxylation is 2. The molecule has 132 valence electrons. The Morgan fingerprint density at radius 1 is 1.08 bits per heavy atom. The minimum absolute atomic E-state index is 0.119. The summed E-state index contributed by atoms with van der Waals surface area (Å²) in [6.07, 6.45) is 1.18. The minimum atomic E-state index is -0.719. The molecule has 0 aliphatic rings. The second kappa shape index (κ2) is 7.10. The largest absolute Gasteiger partial charge is 0.493 e. The molecule has 0 atom stereocenters. The van der Waals surface area contributed by atoms with Gasteiger partial charge in [-0.1, -0.05) is 24.3 Å². The number of aromatic amines is 1. The van der Waals surface area contributed by atoms with Gasteiger partial charge in [0.25, 0.3) is 5.56 Å². The fourth-order valence-corrected chi connectivity index (χ4v) is 2.44. The van der Waals surface area contributed by atoms with Crippen molar-refractivity contribution in [2.75, 3.05) is 5.43 Å². The van der Waals surface area contributed by atoms with E-state index < -0.39 is 17.1 Å². The first-order chi connectivity index (χ1) is 12.5. The topological polar surface area (TPSA) is 99.5 Å². The second-order valence-corrected chi connectivity index (χ2v) is 5.84. The fourth-order valence-electron chi connectivity index (χ4n) is 2.44. The number of aromatic hydroxyl groups is 1. The Bertz CT molecular complexity index is 1080. The van der Waals surface area contributed by atoms with Gasteiger partial charge in [-0.05, 0) is 49.2 Å². The lowest BCUT2D eigenvalue weighted by molar-refractivity contribution is 0.430. The zero-order valence-corrected chi connectivity index (χ0v) is 14.4. The van der Waals surface area contributed by atoms with E-state index in [-0.39, 0.29) is 5.56 Å². The first-order valence-electron chi connectivity index (χ1n) is 7.97. The lowest BCUT2D eigenvalue weighted by Crippen LogP contribution is -2.31. The van der Waals surface area contributed by atoms with Crippen LogP contribution in [-0.2, 0) is 0 Å².